The number of hydrogen-bond donors (Lipinski definition) is 1. The zero-order valence-corrected chi connectivity index (χ0v) is 17.2. The molecule has 7 nitrogen and oxygen atoms in total. The minimum Gasteiger partial charge on any atom is -0.335 e. The Morgan fingerprint density at radius 2 is 1.86 bits per heavy atom. The van der Waals surface area contributed by atoms with E-state index in [9.17, 15) is 8.42 Å². The van der Waals surface area contributed by atoms with Gasteiger partial charge in [0.2, 0.25) is 15.8 Å². The molecule has 3 aromatic rings. The van der Waals surface area contributed by atoms with Crippen molar-refractivity contribution < 1.29 is 12.9 Å². The van der Waals surface area contributed by atoms with Crippen LogP contribution in [-0.2, 0) is 15.8 Å². The smallest absolute Gasteiger partial charge is 0.322 e. The van der Waals surface area contributed by atoms with Gasteiger partial charge in [0, 0.05) is 29.7 Å². The Morgan fingerprint density at radius 3 is 2.59 bits per heavy atom. The van der Waals surface area contributed by atoms with Crippen molar-refractivity contribution in [2.45, 2.75) is 24.6 Å². The molecular weight excluding hydrogens is 412 g/mol. The van der Waals surface area contributed by atoms with E-state index in [-0.39, 0.29) is 11.8 Å². The van der Waals surface area contributed by atoms with Crippen LogP contribution in [-0.4, -0.2) is 42.0 Å². The fraction of sp³-hybridized carbons (Fsp3) is 0.300. The second-order valence-corrected chi connectivity index (χ2v) is 9.40. The number of sulfonamides is 1. The van der Waals surface area contributed by atoms with Gasteiger partial charge in [-0.1, -0.05) is 59.2 Å². The summed E-state index contributed by atoms with van der Waals surface area (Å²) in [5.74, 6) is 0.483. The van der Waals surface area contributed by atoms with Crippen LogP contribution in [0.1, 0.15) is 18.4 Å². The normalized spacial score (nSPS) is 16.0. The predicted octanol–water partition coefficient (Wildman–Crippen LogP) is 3.80. The van der Waals surface area contributed by atoms with E-state index in [2.05, 4.69) is 15.5 Å². The third kappa shape index (κ3) is 4.95. The monoisotopic (exact) mass is 432 g/mol. The van der Waals surface area contributed by atoms with Crippen molar-refractivity contribution in [3.63, 3.8) is 0 Å². The molecule has 0 spiro atoms. The predicted molar refractivity (Wildman–Crippen MR) is 112 cm³/mol. The molecule has 0 saturated carbocycles. The van der Waals surface area contributed by atoms with Gasteiger partial charge in [-0.2, -0.15) is 4.98 Å². The first-order valence-electron chi connectivity index (χ1n) is 9.37. The molecular formula is C20H21ClN4O3S. The Hall–Kier alpha value is -2.42. The highest BCUT2D eigenvalue weighted by Crippen LogP contribution is 2.23. The van der Waals surface area contributed by atoms with Crippen LogP contribution < -0.4 is 5.32 Å². The molecule has 0 unspecified atom stereocenters. The number of halogens is 1. The Bertz CT molecular complexity index is 1060. The fourth-order valence-corrected chi connectivity index (χ4v) is 5.11. The molecule has 9 heteroatoms. The summed E-state index contributed by atoms with van der Waals surface area (Å²) in [6.45, 7) is 0.921. The van der Waals surface area contributed by atoms with Gasteiger partial charge in [-0.15, -0.1) is 0 Å². The van der Waals surface area contributed by atoms with Crippen molar-refractivity contribution in [3.05, 3.63) is 65.2 Å². The van der Waals surface area contributed by atoms with Crippen LogP contribution in [0.25, 0.3) is 11.4 Å². The topological polar surface area (TPSA) is 88.3 Å². The summed E-state index contributed by atoms with van der Waals surface area (Å²) < 4.78 is 32.2. The molecule has 1 saturated heterocycles. The number of piperidine rings is 1. The van der Waals surface area contributed by atoms with Crippen molar-refractivity contribution in [2.24, 2.45) is 0 Å². The van der Waals surface area contributed by atoms with E-state index >= 15 is 0 Å². The van der Waals surface area contributed by atoms with Gasteiger partial charge in [-0.3, -0.25) is 0 Å². The number of rotatable bonds is 6. The van der Waals surface area contributed by atoms with Crippen molar-refractivity contribution >= 4 is 27.6 Å². The first kappa shape index (κ1) is 19.9. The van der Waals surface area contributed by atoms with Crippen LogP contribution >= 0.6 is 11.6 Å². The van der Waals surface area contributed by atoms with E-state index in [0.29, 0.717) is 42.8 Å². The third-order valence-corrected chi connectivity index (χ3v) is 6.96. The molecule has 4 rings (SSSR count). The molecule has 0 amide bonds. The second-order valence-electron chi connectivity index (χ2n) is 6.99. The first-order valence-corrected chi connectivity index (χ1v) is 11.4. The van der Waals surface area contributed by atoms with Gasteiger partial charge in [0.25, 0.3) is 0 Å². The highest BCUT2D eigenvalue weighted by atomic mass is 35.5. The van der Waals surface area contributed by atoms with Crippen LogP contribution in [0.5, 0.6) is 0 Å². The van der Waals surface area contributed by atoms with Crippen molar-refractivity contribution in [3.8, 4) is 11.4 Å². The maximum atomic E-state index is 12.7. The summed E-state index contributed by atoms with van der Waals surface area (Å²) in [6.07, 6.45) is 1.34. The summed E-state index contributed by atoms with van der Waals surface area (Å²) in [7, 11) is -3.33. The number of hydrogen-bond acceptors (Lipinski definition) is 6. The zero-order valence-electron chi connectivity index (χ0n) is 15.7. The molecule has 29 heavy (non-hydrogen) atoms. The van der Waals surface area contributed by atoms with Crippen molar-refractivity contribution in [2.75, 3.05) is 18.4 Å². The second kappa shape index (κ2) is 8.52. The van der Waals surface area contributed by atoms with E-state index in [1.807, 2.05) is 42.5 Å². The number of benzene rings is 2. The van der Waals surface area contributed by atoms with E-state index < -0.39 is 10.0 Å². The minimum atomic E-state index is -3.33. The average Bonchev–Trinajstić information content (AvgIpc) is 3.17. The number of anilines is 1. The molecule has 1 aromatic heterocycles. The molecule has 152 valence electrons. The van der Waals surface area contributed by atoms with Gasteiger partial charge < -0.3 is 9.84 Å². The summed E-state index contributed by atoms with van der Waals surface area (Å²) in [4.78, 5) is 4.36. The minimum absolute atomic E-state index is 0.0264. The van der Waals surface area contributed by atoms with Crippen molar-refractivity contribution in [1.82, 2.24) is 14.4 Å². The molecule has 0 aliphatic carbocycles. The first-order chi connectivity index (χ1) is 14.0. The zero-order chi connectivity index (χ0) is 20.3. The van der Waals surface area contributed by atoms with Crippen LogP contribution in [0.3, 0.4) is 0 Å². The lowest BCUT2D eigenvalue weighted by molar-refractivity contribution is 0.323. The van der Waals surface area contributed by atoms with Crippen LogP contribution in [0.2, 0.25) is 5.02 Å². The van der Waals surface area contributed by atoms with E-state index in [0.717, 1.165) is 11.1 Å². The lowest BCUT2D eigenvalue weighted by atomic mass is 10.1. The summed E-state index contributed by atoms with van der Waals surface area (Å²) in [5.41, 5.74) is 1.57. The average molecular weight is 433 g/mol. The van der Waals surface area contributed by atoms with Crippen LogP contribution in [0.4, 0.5) is 6.01 Å². The maximum Gasteiger partial charge on any atom is 0.322 e. The fourth-order valence-electron chi connectivity index (χ4n) is 3.36. The van der Waals surface area contributed by atoms with E-state index in [1.165, 1.54) is 0 Å². The standard InChI is InChI=1S/C20H21ClN4O3S/c21-17-8-4-7-16(13-17)19-23-20(28-24-19)22-18-9-11-25(12-10-18)29(26,27)14-15-5-2-1-3-6-15/h1-8,13,18H,9-12,14H2,(H,22,23,24). The van der Waals surface area contributed by atoms with Gasteiger partial charge in [0.15, 0.2) is 0 Å². The Morgan fingerprint density at radius 1 is 1.10 bits per heavy atom. The maximum absolute atomic E-state index is 12.7. The third-order valence-electron chi connectivity index (χ3n) is 4.88. The molecule has 0 bridgehead atoms. The number of nitrogens with one attached hydrogen (secondary N) is 1. The van der Waals surface area contributed by atoms with Gasteiger partial charge in [-0.05, 0) is 30.5 Å². The van der Waals surface area contributed by atoms with Gasteiger partial charge in [-0.25, -0.2) is 12.7 Å². The van der Waals surface area contributed by atoms with Crippen LogP contribution in [0.15, 0.2) is 59.1 Å². The van der Waals surface area contributed by atoms with E-state index in [1.54, 1.807) is 16.4 Å². The SMILES string of the molecule is O=S(=O)(Cc1ccccc1)N1CCC(Nc2nc(-c3cccc(Cl)c3)no2)CC1. The molecule has 1 aliphatic rings. The molecule has 1 fully saturated rings. The highest BCUT2D eigenvalue weighted by Gasteiger charge is 2.28. The molecule has 1 N–H and O–H groups in total. The Balaban J connectivity index is 1.33. The number of aromatic nitrogens is 2. The molecule has 0 atom stereocenters. The lowest BCUT2D eigenvalue weighted by Gasteiger charge is -2.31. The summed E-state index contributed by atoms with van der Waals surface area (Å²) in [5, 5.41) is 7.80. The van der Waals surface area contributed by atoms with E-state index in [4.69, 9.17) is 16.1 Å². The molecule has 2 aromatic carbocycles. The quantitative estimate of drug-likeness (QED) is 0.637. The Labute approximate surface area is 174 Å². The largest absolute Gasteiger partial charge is 0.335 e. The van der Waals surface area contributed by atoms with Crippen LogP contribution in [0, 0.1) is 0 Å². The highest BCUT2D eigenvalue weighted by molar-refractivity contribution is 7.88. The lowest BCUT2D eigenvalue weighted by Crippen LogP contribution is -2.42. The molecule has 0 radical (unpaired) electrons. The molecule has 1 aliphatic heterocycles. The van der Waals surface area contributed by atoms with Gasteiger partial charge >= 0.3 is 6.01 Å². The summed E-state index contributed by atoms with van der Waals surface area (Å²) in [6, 6.07) is 16.9. The Kier molecular flexibility index (Phi) is 5.84. The van der Waals surface area contributed by atoms with Gasteiger partial charge in [0.1, 0.15) is 0 Å². The summed E-state index contributed by atoms with van der Waals surface area (Å²) >= 11 is 6.00. The number of nitrogens with zero attached hydrogens (tertiary/aromatic N) is 3. The van der Waals surface area contributed by atoms with Gasteiger partial charge in [0.05, 0.1) is 5.75 Å². The van der Waals surface area contributed by atoms with Crippen molar-refractivity contribution in [1.29, 1.82) is 0 Å². The molecule has 2 heterocycles.